The minimum atomic E-state index is 0.879. The molecule has 0 aliphatic heterocycles. The van der Waals surface area contributed by atoms with Crippen molar-refractivity contribution in [3.8, 4) is 16.8 Å². The first kappa shape index (κ1) is 33.5. The maximum absolute atomic E-state index is 6.95. The van der Waals surface area contributed by atoms with E-state index in [9.17, 15) is 0 Å². The number of rotatable bonds is 8. The summed E-state index contributed by atoms with van der Waals surface area (Å²) < 4.78 is 9.35. The van der Waals surface area contributed by atoms with Crippen LogP contribution in [0.3, 0.4) is 0 Å². The fourth-order valence-electron chi connectivity index (χ4n) is 8.52. The van der Waals surface area contributed by atoms with Crippen LogP contribution in [0, 0.1) is 0 Å². The Bertz CT molecular complexity index is 3130. The summed E-state index contributed by atoms with van der Waals surface area (Å²) in [6.07, 6.45) is 0. The number of fused-ring (bicyclic) bond motifs is 7. The number of aromatic nitrogens is 1. The Morgan fingerprint density at radius 3 is 1.41 bits per heavy atom. The van der Waals surface area contributed by atoms with Crippen molar-refractivity contribution in [1.82, 2.24) is 4.57 Å². The van der Waals surface area contributed by atoms with Gasteiger partial charge in [-0.15, -0.1) is 0 Å². The van der Waals surface area contributed by atoms with Gasteiger partial charge in [-0.25, -0.2) is 0 Å². The van der Waals surface area contributed by atoms with E-state index in [2.05, 4.69) is 239 Å². The molecule has 0 saturated carbocycles. The molecule has 0 aliphatic rings. The van der Waals surface area contributed by atoms with Gasteiger partial charge >= 0.3 is 0 Å². The molecule has 0 amide bonds. The van der Waals surface area contributed by atoms with Crippen molar-refractivity contribution in [2.24, 2.45) is 0 Å². The minimum absolute atomic E-state index is 0.879. The monoisotopic (exact) mass is 743 g/mol. The van der Waals surface area contributed by atoms with Gasteiger partial charge in [0.2, 0.25) is 0 Å². The number of para-hydroxylation sites is 4. The molecule has 11 aromatic rings. The maximum atomic E-state index is 6.95. The van der Waals surface area contributed by atoms with Crippen LogP contribution in [-0.4, -0.2) is 4.57 Å². The maximum Gasteiger partial charge on any atom is 0.145 e. The highest BCUT2D eigenvalue weighted by molar-refractivity contribution is 6.24. The van der Waals surface area contributed by atoms with Crippen LogP contribution in [0.15, 0.2) is 229 Å². The second kappa shape index (κ2) is 14.0. The first-order valence-electron chi connectivity index (χ1n) is 19.7. The number of anilines is 6. The van der Waals surface area contributed by atoms with Crippen LogP contribution < -0.4 is 9.80 Å². The van der Waals surface area contributed by atoms with Gasteiger partial charge in [0.1, 0.15) is 11.2 Å². The lowest BCUT2D eigenvalue weighted by atomic mass is 10.0. The van der Waals surface area contributed by atoms with Crippen molar-refractivity contribution in [1.29, 1.82) is 0 Å². The van der Waals surface area contributed by atoms with Crippen LogP contribution in [0.1, 0.15) is 0 Å². The van der Waals surface area contributed by atoms with Gasteiger partial charge < -0.3 is 18.8 Å². The van der Waals surface area contributed by atoms with Crippen molar-refractivity contribution < 1.29 is 4.42 Å². The second-order valence-corrected chi connectivity index (χ2v) is 14.6. The van der Waals surface area contributed by atoms with Gasteiger partial charge in [-0.3, -0.25) is 0 Å². The van der Waals surface area contributed by atoms with Crippen molar-refractivity contribution in [2.75, 3.05) is 9.80 Å². The van der Waals surface area contributed by atoms with E-state index in [4.69, 9.17) is 4.42 Å². The van der Waals surface area contributed by atoms with Crippen molar-refractivity contribution in [3.63, 3.8) is 0 Å². The highest BCUT2D eigenvalue weighted by Crippen LogP contribution is 2.45. The molecule has 4 nitrogen and oxygen atoms in total. The standard InChI is InChI=1S/C54H37N3O/c1-6-17-38(18-7-1)39-29-31-47-48-33-34-50-53(54(48)58-52(47)35-39)49-32-30-46(56(42-23-12-4-13-24-42)43-25-14-5-15-26-43)37-51(49)57(50)45-28-16-27-44(36-45)55(40-19-8-2-9-20-40)41-21-10-3-11-22-41/h1-37H. The molecule has 0 saturated heterocycles. The first-order valence-corrected chi connectivity index (χ1v) is 19.7. The number of hydrogen-bond acceptors (Lipinski definition) is 3. The molecule has 4 heteroatoms. The summed E-state index contributed by atoms with van der Waals surface area (Å²) in [4.78, 5) is 4.64. The second-order valence-electron chi connectivity index (χ2n) is 14.6. The van der Waals surface area contributed by atoms with Gasteiger partial charge in [0.05, 0.1) is 16.4 Å². The highest BCUT2D eigenvalue weighted by Gasteiger charge is 2.22. The smallest absolute Gasteiger partial charge is 0.145 e. The third kappa shape index (κ3) is 5.70. The lowest BCUT2D eigenvalue weighted by Crippen LogP contribution is -2.10. The molecule has 0 radical (unpaired) electrons. The largest absolute Gasteiger partial charge is 0.455 e. The lowest BCUT2D eigenvalue weighted by Gasteiger charge is -2.26. The Balaban J connectivity index is 1.18. The van der Waals surface area contributed by atoms with E-state index in [1.165, 1.54) is 5.56 Å². The first-order chi connectivity index (χ1) is 28.8. The fourth-order valence-corrected chi connectivity index (χ4v) is 8.52. The topological polar surface area (TPSA) is 24.6 Å². The molecule has 0 fully saturated rings. The predicted molar refractivity (Wildman–Crippen MR) is 243 cm³/mol. The number of hydrogen-bond donors (Lipinski definition) is 0. The molecule has 0 unspecified atom stereocenters. The van der Waals surface area contributed by atoms with E-state index in [0.29, 0.717) is 0 Å². The SMILES string of the molecule is c1ccc(-c2ccc3c(c2)oc2c3ccc3c2c2ccc(N(c4ccccc4)c4ccccc4)cc2n3-c2cccc(N(c3ccccc3)c3ccccc3)c2)cc1. The van der Waals surface area contributed by atoms with Gasteiger partial charge in [-0.05, 0) is 120 Å². The van der Waals surface area contributed by atoms with Crippen LogP contribution >= 0.6 is 0 Å². The van der Waals surface area contributed by atoms with Crippen LogP contribution in [-0.2, 0) is 0 Å². The zero-order valence-corrected chi connectivity index (χ0v) is 31.6. The third-order valence-corrected chi connectivity index (χ3v) is 11.1. The molecular formula is C54H37N3O. The number of benzene rings is 9. The van der Waals surface area contributed by atoms with Gasteiger partial charge in [0.15, 0.2) is 0 Å². The summed E-state index contributed by atoms with van der Waals surface area (Å²) in [5.74, 6) is 0. The summed E-state index contributed by atoms with van der Waals surface area (Å²) in [6.45, 7) is 0. The average molecular weight is 744 g/mol. The van der Waals surface area contributed by atoms with E-state index in [1.54, 1.807) is 0 Å². The molecular weight excluding hydrogens is 707 g/mol. The summed E-state index contributed by atoms with van der Waals surface area (Å²) in [7, 11) is 0. The number of furan rings is 1. The minimum Gasteiger partial charge on any atom is -0.455 e. The quantitative estimate of drug-likeness (QED) is 0.155. The Labute approximate surface area is 336 Å². The molecule has 2 aromatic heterocycles. The van der Waals surface area contributed by atoms with Crippen LogP contribution in [0.4, 0.5) is 34.1 Å². The van der Waals surface area contributed by atoms with E-state index in [0.717, 1.165) is 89.1 Å². The summed E-state index contributed by atoms with van der Waals surface area (Å²) in [5.41, 5.74) is 13.8. The van der Waals surface area contributed by atoms with Crippen LogP contribution in [0.2, 0.25) is 0 Å². The van der Waals surface area contributed by atoms with Crippen molar-refractivity contribution in [2.45, 2.75) is 0 Å². The molecule has 9 aromatic carbocycles. The zero-order chi connectivity index (χ0) is 38.4. The predicted octanol–water partition coefficient (Wildman–Crippen LogP) is 15.3. The van der Waals surface area contributed by atoms with E-state index in [1.807, 2.05) is 0 Å². The van der Waals surface area contributed by atoms with Crippen LogP contribution in [0.25, 0.3) is 60.6 Å². The molecule has 0 atom stereocenters. The van der Waals surface area contributed by atoms with E-state index in [-0.39, 0.29) is 0 Å². The van der Waals surface area contributed by atoms with E-state index < -0.39 is 0 Å². The molecule has 0 N–H and O–H groups in total. The fraction of sp³-hybridized carbons (Fsp3) is 0. The molecule has 0 spiro atoms. The summed E-state index contributed by atoms with van der Waals surface area (Å²) >= 11 is 0. The van der Waals surface area contributed by atoms with E-state index >= 15 is 0 Å². The Morgan fingerprint density at radius 2 is 0.828 bits per heavy atom. The normalized spacial score (nSPS) is 11.4. The summed E-state index contributed by atoms with van der Waals surface area (Å²) in [6, 6.07) is 79.6. The Hall–Kier alpha value is -7.82. The molecule has 274 valence electrons. The van der Waals surface area contributed by atoms with Gasteiger partial charge in [-0.2, -0.15) is 0 Å². The zero-order valence-electron chi connectivity index (χ0n) is 31.6. The average Bonchev–Trinajstić information content (AvgIpc) is 3.83. The summed E-state index contributed by atoms with van der Waals surface area (Å²) in [5, 5.41) is 4.43. The Morgan fingerprint density at radius 1 is 0.328 bits per heavy atom. The van der Waals surface area contributed by atoms with Crippen molar-refractivity contribution >= 4 is 77.9 Å². The highest BCUT2D eigenvalue weighted by atomic mass is 16.3. The number of nitrogens with zero attached hydrogens (tertiary/aromatic N) is 3. The van der Waals surface area contributed by atoms with Crippen LogP contribution in [0.5, 0.6) is 0 Å². The van der Waals surface area contributed by atoms with Gasteiger partial charge in [-0.1, -0.05) is 115 Å². The van der Waals surface area contributed by atoms with Gasteiger partial charge in [0.25, 0.3) is 0 Å². The molecule has 0 aliphatic carbocycles. The Kier molecular flexibility index (Phi) is 8.11. The lowest BCUT2D eigenvalue weighted by molar-refractivity contribution is 0.673. The van der Waals surface area contributed by atoms with Crippen molar-refractivity contribution in [3.05, 3.63) is 224 Å². The molecule has 0 bridgehead atoms. The third-order valence-electron chi connectivity index (χ3n) is 11.1. The molecule has 11 rings (SSSR count). The van der Waals surface area contributed by atoms with Gasteiger partial charge in [0, 0.05) is 56.0 Å². The molecule has 58 heavy (non-hydrogen) atoms. The molecule has 2 heterocycles.